The van der Waals surface area contributed by atoms with Gasteiger partial charge >= 0.3 is 0 Å². The van der Waals surface area contributed by atoms with Gasteiger partial charge in [0.05, 0.1) is 16.1 Å². The van der Waals surface area contributed by atoms with Gasteiger partial charge in [0.25, 0.3) is 11.8 Å². The van der Waals surface area contributed by atoms with E-state index in [9.17, 15) is 14.0 Å². The molecule has 0 aliphatic heterocycles. The molecule has 3 aromatic carbocycles. The standard InChI is InChI=1S/C23H18BrClFN3O3S/c1-2-32-20-9-6-14(11-17(20)24)22(31)29-23(33)28-15-5-3-4-13(10-15)21(30)27-16-7-8-19(26)18(25)12-16/h3-12H,2H2,1H3,(H,27,30)(H2,28,29,31,33). The summed E-state index contributed by atoms with van der Waals surface area (Å²) in [4.78, 5) is 25.0. The van der Waals surface area contributed by atoms with Gasteiger partial charge in [0.15, 0.2) is 5.11 Å². The average molecular weight is 551 g/mol. The molecule has 0 saturated heterocycles. The Bertz CT molecular complexity index is 1230. The normalized spacial score (nSPS) is 10.3. The molecule has 0 bridgehead atoms. The van der Waals surface area contributed by atoms with E-state index in [1.54, 1.807) is 42.5 Å². The molecule has 170 valence electrons. The van der Waals surface area contributed by atoms with E-state index in [0.29, 0.717) is 39.3 Å². The summed E-state index contributed by atoms with van der Waals surface area (Å²) in [5.41, 5.74) is 1.57. The lowest BCUT2D eigenvalue weighted by Crippen LogP contribution is -2.34. The highest BCUT2D eigenvalue weighted by Crippen LogP contribution is 2.26. The van der Waals surface area contributed by atoms with Crippen LogP contribution in [0.15, 0.2) is 65.1 Å². The lowest BCUT2D eigenvalue weighted by atomic mass is 10.2. The van der Waals surface area contributed by atoms with Gasteiger partial charge in [0.2, 0.25) is 0 Å². The summed E-state index contributed by atoms with van der Waals surface area (Å²) in [5, 5.41) is 8.08. The van der Waals surface area contributed by atoms with Crippen LogP contribution in [-0.2, 0) is 0 Å². The van der Waals surface area contributed by atoms with Crippen molar-refractivity contribution in [1.82, 2.24) is 5.32 Å². The second-order valence-corrected chi connectivity index (χ2v) is 8.32. The van der Waals surface area contributed by atoms with E-state index in [0.717, 1.165) is 0 Å². The Labute approximate surface area is 208 Å². The predicted octanol–water partition coefficient (Wildman–Crippen LogP) is 6.02. The molecular weight excluding hydrogens is 533 g/mol. The number of hydrogen-bond acceptors (Lipinski definition) is 4. The molecule has 33 heavy (non-hydrogen) atoms. The molecular formula is C23H18BrClFN3O3S. The largest absolute Gasteiger partial charge is 0.493 e. The number of carbonyl (C=O) groups is 2. The van der Waals surface area contributed by atoms with Crippen LogP contribution in [-0.4, -0.2) is 23.5 Å². The smallest absolute Gasteiger partial charge is 0.257 e. The summed E-state index contributed by atoms with van der Waals surface area (Å²) in [7, 11) is 0. The molecule has 2 amide bonds. The first-order chi connectivity index (χ1) is 15.8. The van der Waals surface area contributed by atoms with Gasteiger partial charge < -0.3 is 15.4 Å². The maximum absolute atomic E-state index is 13.3. The Hall–Kier alpha value is -3.01. The van der Waals surface area contributed by atoms with Crippen LogP contribution in [0.5, 0.6) is 5.75 Å². The Kier molecular flexibility index (Phi) is 8.37. The van der Waals surface area contributed by atoms with Crippen LogP contribution < -0.4 is 20.7 Å². The number of carbonyl (C=O) groups excluding carboxylic acids is 2. The van der Waals surface area contributed by atoms with Gasteiger partial charge in [-0.3, -0.25) is 14.9 Å². The summed E-state index contributed by atoms with van der Waals surface area (Å²) in [6.45, 7) is 2.38. The summed E-state index contributed by atoms with van der Waals surface area (Å²) in [6.07, 6.45) is 0. The van der Waals surface area contributed by atoms with E-state index in [-0.39, 0.29) is 10.1 Å². The molecule has 3 rings (SSSR count). The van der Waals surface area contributed by atoms with Crippen molar-refractivity contribution in [3.05, 3.63) is 87.1 Å². The van der Waals surface area contributed by atoms with E-state index >= 15 is 0 Å². The van der Waals surface area contributed by atoms with E-state index in [1.165, 1.54) is 18.2 Å². The third kappa shape index (κ3) is 6.74. The van der Waals surface area contributed by atoms with Gasteiger partial charge in [-0.1, -0.05) is 17.7 Å². The van der Waals surface area contributed by atoms with Crippen LogP contribution in [0.2, 0.25) is 5.02 Å². The van der Waals surface area contributed by atoms with Gasteiger partial charge in [-0.25, -0.2) is 4.39 Å². The number of halogens is 3. The number of ether oxygens (including phenoxy) is 1. The lowest BCUT2D eigenvalue weighted by molar-refractivity contribution is 0.0976. The highest BCUT2D eigenvalue weighted by atomic mass is 79.9. The first kappa shape index (κ1) is 24.6. The Morgan fingerprint density at radius 3 is 2.42 bits per heavy atom. The van der Waals surface area contributed by atoms with E-state index in [2.05, 4.69) is 31.9 Å². The summed E-state index contributed by atoms with van der Waals surface area (Å²) in [6, 6.07) is 15.4. The van der Waals surface area contributed by atoms with Crippen molar-refractivity contribution in [3.8, 4) is 5.75 Å². The van der Waals surface area contributed by atoms with Crippen molar-refractivity contribution in [2.75, 3.05) is 17.2 Å². The lowest BCUT2D eigenvalue weighted by Gasteiger charge is -2.12. The van der Waals surface area contributed by atoms with Crippen molar-refractivity contribution in [1.29, 1.82) is 0 Å². The van der Waals surface area contributed by atoms with E-state index in [4.69, 9.17) is 28.6 Å². The van der Waals surface area contributed by atoms with Crippen molar-refractivity contribution >= 4 is 68.1 Å². The number of hydrogen-bond donors (Lipinski definition) is 3. The molecule has 10 heteroatoms. The molecule has 0 atom stereocenters. The third-order valence-corrected chi connectivity index (χ3v) is 5.39. The molecule has 6 nitrogen and oxygen atoms in total. The number of amides is 2. The number of benzene rings is 3. The first-order valence-electron chi connectivity index (χ1n) is 9.68. The topological polar surface area (TPSA) is 79.5 Å². The van der Waals surface area contributed by atoms with Crippen LogP contribution in [0.3, 0.4) is 0 Å². The van der Waals surface area contributed by atoms with E-state index < -0.39 is 17.6 Å². The highest BCUT2D eigenvalue weighted by molar-refractivity contribution is 9.10. The fourth-order valence-electron chi connectivity index (χ4n) is 2.77. The van der Waals surface area contributed by atoms with Gasteiger partial charge in [0, 0.05) is 22.5 Å². The van der Waals surface area contributed by atoms with Crippen LogP contribution in [0.25, 0.3) is 0 Å². The molecule has 3 N–H and O–H groups in total. The van der Waals surface area contributed by atoms with Crippen molar-refractivity contribution in [2.24, 2.45) is 0 Å². The van der Waals surface area contributed by atoms with Crippen molar-refractivity contribution in [2.45, 2.75) is 6.92 Å². The molecule has 0 radical (unpaired) electrons. The fourth-order valence-corrected chi connectivity index (χ4v) is 3.65. The summed E-state index contributed by atoms with van der Waals surface area (Å²) < 4.78 is 19.4. The molecule has 0 unspecified atom stereocenters. The van der Waals surface area contributed by atoms with E-state index in [1.807, 2.05) is 6.92 Å². The maximum Gasteiger partial charge on any atom is 0.257 e. The van der Waals surface area contributed by atoms with Crippen molar-refractivity contribution in [3.63, 3.8) is 0 Å². The molecule has 0 aliphatic rings. The van der Waals surface area contributed by atoms with Crippen LogP contribution in [0.4, 0.5) is 15.8 Å². The Morgan fingerprint density at radius 1 is 1.00 bits per heavy atom. The maximum atomic E-state index is 13.3. The first-order valence-corrected chi connectivity index (χ1v) is 11.3. The second kappa shape index (κ2) is 11.2. The van der Waals surface area contributed by atoms with Gasteiger partial charge in [-0.2, -0.15) is 0 Å². The van der Waals surface area contributed by atoms with Crippen LogP contribution in [0.1, 0.15) is 27.6 Å². The summed E-state index contributed by atoms with van der Waals surface area (Å²) >= 11 is 14.3. The zero-order chi connectivity index (χ0) is 24.0. The van der Waals surface area contributed by atoms with Crippen LogP contribution >= 0.6 is 39.7 Å². The number of nitrogens with one attached hydrogen (secondary N) is 3. The van der Waals surface area contributed by atoms with Gasteiger partial charge in [0.1, 0.15) is 11.6 Å². The SMILES string of the molecule is CCOc1ccc(C(=O)NC(=S)Nc2cccc(C(=O)Nc3ccc(F)c(Cl)c3)c2)cc1Br. The number of rotatable bonds is 6. The third-order valence-electron chi connectivity index (χ3n) is 4.28. The molecule has 0 heterocycles. The predicted molar refractivity (Wildman–Crippen MR) is 135 cm³/mol. The van der Waals surface area contributed by atoms with Gasteiger partial charge in [-0.15, -0.1) is 0 Å². The van der Waals surface area contributed by atoms with Gasteiger partial charge in [-0.05, 0) is 89.7 Å². The number of anilines is 2. The highest BCUT2D eigenvalue weighted by Gasteiger charge is 2.12. The average Bonchev–Trinajstić information content (AvgIpc) is 2.77. The molecule has 0 saturated carbocycles. The molecule has 3 aromatic rings. The molecule has 0 spiro atoms. The number of thiocarbonyl (C=S) groups is 1. The minimum absolute atomic E-state index is 0.0629. The second-order valence-electron chi connectivity index (χ2n) is 6.65. The zero-order valence-electron chi connectivity index (χ0n) is 17.2. The molecule has 0 aliphatic carbocycles. The molecule has 0 fully saturated rings. The monoisotopic (exact) mass is 549 g/mol. The van der Waals surface area contributed by atoms with Crippen molar-refractivity contribution < 1.29 is 18.7 Å². The minimum atomic E-state index is -0.575. The molecule has 0 aromatic heterocycles. The quantitative estimate of drug-likeness (QED) is 0.327. The van der Waals surface area contributed by atoms with Crippen LogP contribution in [0, 0.1) is 5.82 Å². The Balaban J connectivity index is 1.62. The minimum Gasteiger partial charge on any atom is -0.493 e. The Morgan fingerprint density at radius 2 is 1.73 bits per heavy atom. The zero-order valence-corrected chi connectivity index (χ0v) is 20.4. The summed E-state index contributed by atoms with van der Waals surface area (Å²) in [5.74, 6) is -0.768. The fraction of sp³-hybridized carbons (Fsp3) is 0.0870.